The minimum absolute atomic E-state index is 0.0202. The van der Waals surface area contributed by atoms with Crippen molar-refractivity contribution in [1.29, 1.82) is 0 Å². The average molecular weight is 337 g/mol. The molecule has 0 bridgehead atoms. The second-order valence-corrected chi connectivity index (χ2v) is 7.11. The molecule has 8 heteroatoms. The number of aryl methyl sites for hydroxylation is 2. The third-order valence-corrected chi connectivity index (χ3v) is 5.05. The summed E-state index contributed by atoms with van der Waals surface area (Å²) in [7, 11) is -3.90. The Balaban J connectivity index is 1.96. The van der Waals surface area contributed by atoms with Crippen molar-refractivity contribution in [2.75, 3.05) is 11.3 Å². The predicted molar refractivity (Wildman–Crippen MR) is 83.3 cm³/mol. The van der Waals surface area contributed by atoms with Gasteiger partial charge in [0.15, 0.2) is 0 Å². The molecular weight excluding hydrogens is 321 g/mol. The first-order chi connectivity index (χ1) is 10.9. The molecule has 122 valence electrons. The highest BCUT2D eigenvalue weighted by Crippen LogP contribution is 2.23. The molecule has 0 fully saturated rings. The van der Waals surface area contributed by atoms with Gasteiger partial charge in [0.05, 0.1) is 5.69 Å². The van der Waals surface area contributed by atoms with Gasteiger partial charge in [0, 0.05) is 19.3 Å². The Morgan fingerprint density at radius 3 is 2.87 bits per heavy atom. The highest BCUT2D eigenvalue weighted by Gasteiger charge is 2.23. The van der Waals surface area contributed by atoms with Crippen LogP contribution in [0.1, 0.15) is 22.5 Å². The van der Waals surface area contributed by atoms with Crippen LogP contribution in [-0.2, 0) is 16.6 Å². The van der Waals surface area contributed by atoms with Crippen LogP contribution in [0, 0.1) is 12.7 Å². The molecule has 2 aromatic rings. The van der Waals surface area contributed by atoms with Gasteiger partial charge in [-0.25, -0.2) is 12.8 Å². The Hall–Kier alpha value is -2.35. The summed E-state index contributed by atoms with van der Waals surface area (Å²) in [6, 6.07) is 5.21. The Morgan fingerprint density at radius 1 is 1.30 bits per heavy atom. The number of sulfonamides is 1. The summed E-state index contributed by atoms with van der Waals surface area (Å²) in [5.74, 6) is -0.828. The number of anilines is 1. The molecule has 2 N–H and O–H groups in total. The molecule has 2 heterocycles. The van der Waals surface area contributed by atoms with E-state index in [4.69, 9.17) is 0 Å². The molecule has 1 aliphatic heterocycles. The predicted octanol–water partition coefficient (Wildman–Crippen LogP) is 1.87. The molecular formula is C15H16FN3O3S. The number of halogens is 1. The minimum Gasteiger partial charge on any atom is -0.351 e. The van der Waals surface area contributed by atoms with Crippen LogP contribution in [0.5, 0.6) is 0 Å². The van der Waals surface area contributed by atoms with Crippen LogP contribution in [0.3, 0.4) is 0 Å². The fraction of sp³-hybridized carbons (Fsp3) is 0.267. The number of carbonyl (C=O) groups excluding carboxylic acids is 1. The maximum atomic E-state index is 13.3. The Bertz CT molecular complexity index is 874. The van der Waals surface area contributed by atoms with E-state index in [1.807, 2.05) is 0 Å². The van der Waals surface area contributed by atoms with E-state index < -0.39 is 15.8 Å². The number of rotatable bonds is 3. The van der Waals surface area contributed by atoms with Crippen LogP contribution in [0.2, 0.25) is 0 Å². The molecule has 1 aromatic carbocycles. The highest BCUT2D eigenvalue weighted by atomic mass is 32.2. The number of carbonyl (C=O) groups is 1. The van der Waals surface area contributed by atoms with E-state index in [0.717, 1.165) is 12.5 Å². The van der Waals surface area contributed by atoms with Crippen molar-refractivity contribution in [3.8, 4) is 0 Å². The quantitative estimate of drug-likeness (QED) is 0.897. The molecule has 6 nitrogen and oxygen atoms in total. The monoisotopic (exact) mass is 337 g/mol. The van der Waals surface area contributed by atoms with Crippen molar-refractivity contribution in [2.45, 2.75) is 24.8 Å². The maximum Gasteiger partial charge on any atom is 0.267 e. The van der Waals surface area contributed by atoms with E-state index in [2.05, 4.69) is 10.0 Å². The second kappa shape index (κ2) is 5.69. The number of hydrogen-bond donors (Lipinski definition) is 2. The lowest BCUT2D eigenvalue weighted by atomic mass is 10.2. The zero-order valence-corrected chi connectivity index (χ0v) is 13.3. The number of aromatic nitrogens is 1. The van der Waals surface area contributed by atoms with Crippen molar-refractivity contribution >= 4 is 21.6 Å². The van der Waals surface area contributed by atoms with E-state index in [1.54, 1.807) is 11.5 Å². The van der Waals surface area contributed by atoms with Gasteiger partial charge >= 0.3 is 0 Å². The van der Waals surface area contributed by atoms with E-state index in [1.165, 1.54) is 24.4 Å². The van der Waals surface area contributed by atoms with Crippen LogP contribution < -0.4 is 10.0 Å². The number of nitrogens with one attached hydrogen (secondary N) is 2. The van der Waals surface area contributed by atoms with Crippen molar-refractivity contribution in [2.24, 2.45) is 0 Å². The fourth-order valence-corrected chi connectivity index (χ4v) is 3.62. The Kier molecular flexibility index (Phi) is 3.85. The Morgan fingerprint density at radius 2 is 2.09 bits per heavy atom. The van der Waals surface area contributed by atoms with Crippen LogP contribution in [0.4, 0.5) is 10.1 Å². The number of fused-ring (bicyclic) bond motifs is 1. The molecule has 23 heavy (non-hydrogen) atoms. The van der Waals surface area contributed by atoms with Crippen molar-refractivity contribution in [3.05, 3.63) is 47.5 Å². The molecule has 3 rings (SSSR count). The van der Waals surface area contributed by atoms with Gasteiger partial charge in [-0.3, -0.25) is 9.52 Å². The SMILES string of the molecule is Cc1ccc(F)cc1NS(=O)(=O)c1cc2n(c1)CCCNC2=O. The van der Waals surface area contributed by atoms with E-state index in [9.17, 15) is 17.6 Å². The van der Waals surface area contributed by atoms with Crippen molar-refractivity contribution in [3.63, 3.8) is 0 Å². The van der Waals surface area contributed by atoms with Crippen LogP contribution in [-0.4, -0.2) is 25.4 Å². The van der Waals surface area contributed by atoms with Gasteiger partial charge < -0.3 is 9.88 Å². The van der Waals surface area contributed by atoms with Gasteiger partial charge in [-0.15, -0.1) is 0 Å². The normalized spacial score (nSPS) is 14.8. The lowest BCUT2D eigenvalue weighted by molar-refractivity contribution is 0.0951. The third-order valence-electron chi connectivity index (χ3n) is 3.72. The molecule has 1 aromatic heterocycles. The number of amides is 1. The number of hydrogen-bond acceptors (Lipinski definition) is 3. The summed E-state index contributed by atoms with van der Waals surface area (Å²) in [6.07, 6.45) is 2.15. The summed E-state index contributed by atoms with van der Waals surface area (Å²) in [5.41, 5.74) is 1.09. The average Bonchev–Trinajstić information content (AvgIpc) is 2.85. The molecule has 0 spiro atoms. The molecule has 0 saturated heterocycles. The van der Waals surface area contributed by atoms with Gasteiger partial charge in [-0.2, -0.15) is 0 Å². The topological polar surface area (TPSA) is 80.2 Å². The zero-order chi connectivity index (χ0) is 16.6. The smallest absolute Gasteiger partial charge is 0.267 e. The molecule has 1 aliphatic rings. The fourth-order valence-electron chi connectivity index (χ4n) is 2.46. The highest BCUT2D eigenvalue weighted by molar-refractivity contribution is 7.92. The Labute approximate surface area is 133 Å². The van der Waals surface area contributed by atoms with Gasteiger partial charge in [-0.05, 0) is 37.1 Å². The first-order valence-corrected chi connectivity index (χ1v) is 8.62. The summed E-state index contributed by atoms with van der Waals surface area (Å²) < 4.78 is 42.3. The van der Waals surface area contributed by atoms with Crippen molar-refractivity contribution in [1.82, 2.24) is 9.88 Å². The molecule has 0 aliphatic carbocycles. The summed E-state index contributed by atoms with van der Waals surface area (Å²) in [6.45, 7) is 2.80. The summed E-state index contributed by atoms with van der Waals surface area (Å²) >= 11 is 0. The van der Waals surface area contributed by atoms with E-state index in [0.29, 0.717) is 24.3 Å². The second-order valence-electron chi connectivity index (χ2n) is 5.43. The number of benzene rings is 1. The first kappa shape index (κ1) is 15.5. The van der Waals surface area contributed by atoms with Crippen LogP contribution in [0.15, 0.2) is 35.4 Å². The zero-order valence-electron chi connectivity index (χ0n) is 12.5. The first-order valence-electron chi connectivity index (χ1n) is 7.14. The molecule has 1 amide bonds. The van der Waals surface area contributed by atoms with Gasteiger partial charge in [0.2, 0.25) is 0 Å². The largest absolute Gasteiger partial charge is 0.351 e. The van der Waals surface area contributed by atoms with Crippen LogP contribution >= 0.6 is 0 Å². The standard InChI is InChI=1S/C15H16FN3O3S/c1-10-3-4-11(16)7-13(10)18-23(21,22)12-8-14-15(20)17-5-2-6-19(14)9-12/h3-4,7-9,18H,2,5-6H2,1H3,(H,17,20). The lowest BCUT2D eigenvalue weighted by Gasteiger charge is -2.09. The lowest BCUT2D eigenvalue weighted by Crippen LogP contribution is -2.22. The number of nitrogens with zero attached hydrogens (tertiary/aromatic N) is 1. The summed E-state index contributed by atoms with van der Waals surface area (Å²) in [5, 5.41) is 2.71. The molecule has 0 atom stereocenters. The van der Waals surface area contributed by atoms with Crippen LogP contribution in [0.25, 0.3) is 0 Å². The van der Waals surface area contributed by atoms with Gasteiger partial charge in [-0.1, -0.05) is 6.07 Å². The van der Waals surface area contributed by atoms with Gasteiger partial charge in [0.1, 0.15) is 16.4 Å². The van der Waals surface area contributed by atoms with E-state index in [-0.39, 0.29) is 16.5 Å². The molecule has 0 radical (unpaired) electrons. The molecule has 0 unspecified atom stereocenters. The third kappa shape index (κ3) is 3.07. The summed E-state index contributed by atoms with van der Waals surface area (Å²) in [4.78, 5) is 11.9. The molecule has 0 saturated carbocycles. The van der Waals surface area contributed by atoms with E-state index >= 15 is 0 Å². The maximum absolute atomic E-state index is 13.3. The van der Waals surface area contributed by atoms with Gasteiger partial charge in [0.25, 0.3) is 15.9 Å². The van der Waals surface area contributed by atoms with Crippen molar-refractivity contribution < 1.29 is 17.6 Å². The minimum atomic E-state index is -3.90.